The lowest BCUT2D eigenvalue weighted by Gasteiger charge is -2.46. The molecule has 2 aliphatic rings. The Morgan fingerprint density at radius 2 is 1.39 bits per heavy atom. The summed E-state index contributed by atoms with van der Waals surface area (Å²) in [6.07, 6.45) is 2.68. The molecule has 0 aromatic heterocycles. The van der Waals surface area contributed by atoms with E-state index in [1.54, 1.807) is 0 Å². The third-order valence-corrected chi connectivity index (χ3v) is 5.28. The molecule has 2 heterocycles. The van der Waals surface area contributed by atoms with Crippen molar-refractivity contribution in [3.8, 4) is 0 Å². The van der Waals surface area contributed by atoms with E-state index in [0.29, 0.717) is 5.54 Å². The van der Waals surface area contributed by atoms with Gasteiger partial charge < -0.3 is 4.74 Å². The van der Waals surface area contributed by atoms with Crippen LogP contribution in [0.25, 0.3) is 0 Å². The number of piperazine rings is 1. The molecule has 2 rings (SSSR count). The molecule has 0 saturated carbocycles. The van der Waals surface area contributed by atoms with E-state index in [0.717, 1.165) is 19.2 Å². The van der Waals surface area contributed by atoms with Gasteiger partial charge >= 0.3 is 0 Å². The Balaban J connectivity index is 1.65. The maximum atomic E-state index is 5.86. The van der Waals surface area contributed by atoms with Gasteiger partial charge in [0.25, 0.3) is 0 Å². The molecule has 23 heavy (non-hydrogen) atoms. The lowest BCUT2D eigenvalue weighted by atomic mass is 9.96. The first-order chi connectivity index (χ1) is 10.6. The first kappa shape index (κ1) is 19.2. The molecule has 4 heteroatoms. The van der Waals surface area contributed by atoms with Crippen molar-refractivity contribution in [2.24, 2.45) is 0 Å². The number of piperidine rings is 1. The molecule has 0 atom stereocenters. The van der Waals surface area contributed by atoms with Gasteiger partial charge in [0.1, 0.15) is 0 Å². The molecule has 0 aromatic carbocycles. The molecule has 4 nitrogen and oxygen atoms in total. The van der Waals surface area contributed by atoms with E-state index in [1.807, 2.05) is 0 Å². The van der Waals surface area contributed by atoms with Crippen LogP contribution in [-0.4, -0.2) is 84.3 Å². The topological polar surface area (TPSA) is 19.0 Å². The predicted octanol–water partition coefficient (Wildman–Crippen LogP) is 2.68. The highest BCUT2D eigenvalue weighted by molar-refractivity contribution is 4.87. The Hall–Kier alpha value is -0.160. The molecule has 0 aliphatic carbocycles. The fraction of sp³-hybridized carbons (Fsp3) is 1.00. The molecule has 0 N–H and O–H groups in total. The number of nitrogens with zero attached hydrogens (tertiary/aromatic N) is 3. The maximum absolute atomic E-state index is 5.86. The highest BCUT2D eigenvalue weighted by Gasteiger charge is 2.31. The monoisotopic (exact) mass is 325 g/mol. The first-order valence-corrected chi connectivity index (χ1v) is 9.50. The van der Waals surface area contributed by atoms with Crippen LogP contribution in [0.4, 0.5) is 0 Å². The van der Waals surface area contributed by atoms with Crippen LogP contribution in [0.1, 0.15) is 54.4 Å². The van der Waals surface area contributed by atoms with Gasteiger partial charge in [0.05, 0.1) is 12.2 Å². The van der Waals surface area contributed by atoms with Gasteiger partial charge in [0, 0.05) is 57.4 Å². The van der Waals surface area contributed by atoms with Crippen molar-refractivity contribution in [1.82, 2.24) is 14.7 Å². The second kappa shape index (κ2) is 7.81. The molecule has 2 aliphatic heterocycles. The summed E-state index contributed by atoms with van der Waals surface area (Å²) in [5.74, 6) is 0. The van der Waals surface area contributed by atoms with Crippen LogP contribution in [-0.2, 0) is 4.74 Å². The van der Waals surface area contributed by atoms with Crippen molar-refractivity contribution in [1.29, 1.82) is 0 Å². The Morgan fingerprint density at radius 1 is 0.826 bits per heavy atom. The molecule has 0 spiro atoms. The lowest BCUT2D eigenvalue weighted by molar-refractivity contribution is -0.0223. The third-order valence-electron chi connectivity index (χ3n) is 5.28. The average Bonchev–Trinajstić information content (AvgIpc) is 2.46. The summed E-state index contributed by atoms with van der Waals surface area (Å²) in [6.45, 7) is 22.7. The highest BCUT2D eigenvalue weighted by atomic mass is 16.5. The van der Waals surface area contributed by atoms with Gasteiger partial charge in [-0.25, -0.2) is 0 Å². The zero-order valence-electron chi connectivity index (χ0n) is 16.4. The molecule has 2 saturated heterocycles. The SMILES string of the molecule is CC(C)(C)OCCN1CCN(C2CCN(C(C)(C)C)CC2)CC1. The van der Waals surface area contributed by atoms with Crippen molar-refractivity contribution in [3.05, 3.63) is 0 Å². The van der Waals surface area contributed by atoms with Crippen LogP contribution in [0, 0.1) is 0 Å². The van der Waals surface area contributed by atoms with Crippen LogP contribution in [0.5, 0.6) is 0 Å². The van der Waals surface area contributed by atoms with Gasteiger partial charge in [-0.2, -0.15) is 0 Å². The summed E-state index contributed by atoms with van der Waals surface area (Å²) in [6, 6.07) is 0.807. The molecule has 0 bridgehead atoms. The fourth-order valence-corrected chi connectivity index (χ4v) is 3.73. The molecule has 0 amide bonds. The second-order valence-electron chi connectivity index (χ2n) is 9.23. The van der Waals surface area contributed by atoms with E-state index in [2.05, 4.69) is 56.2 Å². The minimum absolute atomic E-state index is 0.0111. The van der Waals surface area contributed by atoms with Crippen molar-refractivity contribution in [3.63, 3.8) is 0 Å². The number of hydrogen-bond donors (Lipinski definition) is 0. The van der Waals surface area contributed by atoms with Gasteiger partial charge in [-0.15, -0.1) is 0 Å². The van der Waals surface area contributed by atoms with E-state index in [9.17, 15) is 0 Å². The van der Waals surface area contributed by atoms with Crippen molar-refractivity contribution < 1.29 is 4.74 Å². The smallest absolute Gasteiger partial charge is 0.0600 e. The van der Waals surface area contributed by atoms with Gasteiger partial charge in [0.15, 0.2) is 0 Å². The third kappa shape index (κ3) is 6.33. The Bertz CT molecular complexity index is 343. The number of ether oxygens (including phenoxy) is 1. The van der Waals surface area contributed by atoms with Gasteiger partial charge in [-0.05, 0) is 54.4 Å². The first-order valence-electron chi connectivity index (χ1n) is 9.50. The summed E-state index contributed by atoms with van der Waals surface area (Å²) in [5, 5.41) is 0. The Kier molecular flexibility index (Phi) is 6.51. The molecule has 2 fully saturated rings. The van der Waals surface area contributed by atoms with Crippen LogP contribution < -0.4 is 0 Å². The molecule has 0 radical (unpaired) electrons. The Morgan fingerprint density at radius 3 is 1.87 bits per heavy atom. The minimum atomic E-state index is -0.0111. The number of likely N-dealkylation sites (tertiary alicyclic amines) is 1. The Labute approximate surface area is 144 Å². The fourth-order valence-electron chi connectivity index (χ4n) is 3.73. The van der Waals surface area contributed by atoms with E-state index in [-0.39, 0.29) is 5.60 Å². The van der Waals surface area contributed by atoms with E-state index in [4.69, 9.17) is 4.74 Å². The van der Waals surface area contributed by atoms with E-state index in [1.165, 1.54) is 52.1 Å². The summed E-state index contributed by atoms with van der Waals surface area (Å²) >= 11 is 0. The van der Waals surface area contributed by atoms with Crippen LogP contribution in [0.3, 0.4) is 0 Å². The normalized spacial score (nSPS) is 24.3. The van der Waals surface area contributed by atoms with Crippen molar-refractivity contribution in [2.45, 2.75) is 71.6 Å². The average molecular weight is 326 g/mol. The van der Waals surface area contributed by atoms with Gasteiger partial charge in [0.2, 0.25) is 0 Å². The van der Waals surface area contributed by atoms with Gasteiger partial charge in [-0.3, -0.25) is 14.7 Å². The molecule has 0 unspecified atom stereocenters. The molecular formula is C19H39N3O. The molecule has 136 valence electrons. The molecular weight excluding hydrogens is 286 g/mol. The standard InChI is InChI=1S/C19H39N3O/c1-18(2,3)22-9-7-17(8-10-22)21-13-11-20(12-14-21)15-16-23-19(4,5)6/h17H,7-16H2,1-6H3. The van der Waals surface area contributed by atoms with Crippen molar-refractivity contribution >= 4 is 0 Å². The van der Waals surface area contributed by atoms with Crippen LogP contribution >= 0.6 is 0 Å². The van der Waals surface area contributed by atoms with Crippen molar-refractivity contribution in [2.75, 3.05) is 52.4 Å². The summed E-state index contributed by atoms with van der Waals surface area (Å²) < 4.78 is 5.86. The second-order valence-corrected chi connectivity index (χ2v) is 9.23. The molecule has 0 aromatic rings. The lowest BCUT2D eigenvalue weighted by Crippen LogP contribution is -2.55. The zero-order chi connectivity index (χ0) is 17.1. The van der Waals surface area contributed by atoms with E-state index >= 15 is 0 Å². The number of rotatable bonds is 4. The summed E-state index contributed by atoms with van der Waals surface area (Å²) in [4.78, 5) is 7.94. The number of hydrogen-bond acceptors (Lipinski definition) is 4. The van der Waals surface area contributed by atoms with Crippen LogP contribution in [0.2, 0.25) is 0 Å². The minimum Gasteiger partial charge on any atom is -0.375 e. The quantitative estimate of drug-likeness (QED) is 0.791. The largest absolute Gasteiger partial charge is 0.375 e. The van der Waals surface area contributed by atoms with Crippen LogP contribution in [0.15, 0.2) is 0 Å². The van der Waals surface area contributed by atoms with E-state index < -0.39 is 0 Å². The maximum Gasteiger partial charge on any atom is 0.0600 e. The van der Waals surface area contributed by atoms with Gasteiger partial charge in [-0.1, -0.05) is 0 Å². The highest BCUT2D eigenvalue weighted by Crippen LogP contribution is 2.23. The predicted molar refractivity (Wildman–Crippen MR) is 98.1 cm³/mol. The zero-order valence-corrected chi connectivity index (χ0v) is 16.4. The summed E-state index contributed by atoms with van der Waals surface area (Å²) in [5.41, 5.74) is 0.319. The summed E-state index contributed by atoms with van der Waals surface area (Å²) in [7, 11) is 0.